The van der Waals surface area contributed by atoms with E-state index in [-0.39, 0.29) is 25.5 Å². The van der Waals surface area contributed by atoms with Crippen LogP contribution in [0.2, 0.25) is 0 Å². The Kier molecular flexibility index (Phi) is 4.99. The van der Waals surface area contributed by atoms with Crippen LogP contribution < -0.4 is 16.2 Å². The molecule has 0 saturated carbocycles. The number of hydrogen-bond acceptors (Lipinski definition) is 5. The van der Waals surface area contributed by atoms with Gasteiger partial charge in [0.25, 0.3) is 0 Å². The smallest absolute Gasteiger partial charge is 0.242 e. The zero-order valence-electron chi connectivity index (χ0n) is 11.7. The van der Waals surface area contributed by atoms with Crippen molar-refractivity contribution in [2.45, 2.75) is 12.5 Å². The third kappa shape index (κ3) is 4.09. The molecule has 1 aliphatic rings. The summed E-state index contributed by atoms with van der Waals surface area (Å²) in [6.45, 7) is 1.16. The predicted molar refractivity (Wildman–Crippen MR) is 76.5 cm³/mol. The normalized spacial score (nSPS) is 18.3. The first kappa shape index (κ1) is 15.1. The van der Waals surface area contributed by atoms with Gasteiger partial charge in [0.15, 0.2) is 0 Å². The van der Waals surface area contributed by atoms with Gasteiger partial charge in [0.1, 0.15) is 11.8 Å². The van der Waals surface area contributed by atoms with Gasteiger partial charge in [-0.2, -0.15) is 0 Å². The minimum absolute atomic E-state index is 0.153. The molecule has 0 bridgehead atoms. The first-order chi connectivity index (χ1) is 10.1. The summed E-state index contributed by atoms with van der Waals surface area (Å²) in [6.07, 6.45) is 0.175. The molecule has 1 aliphatic heterocycles. The van der Waals surface area contributed by atoms with Crippen molar-refractivity contribution >= 4 is 17.5 Å². The highest BCUT2D eigenvalue weighted by molar-refractivity contribution is 5.87. The van der Waals surface area contributed by atoms with E-state index in [1.807, 2.05) is 0 Å². The molecule has 21 heavy (non-hydrogen) atoms. The molecule has 0 aliphatic carbocycles. The minimum atomic E-state index is -0.692. The monoisotopic (exact) mass is 293 g/mol. The molecule has 1 aromatic carbocycles. The predicted octanol–water partition coefficient (Wildman–Crippen LogP) is -0.250. The summed E-state index contributed by atoms with van der Waals surface area (Å²) in [5.41, 5.74) is 11.5. The van der Waals surface area contributed by atoms with Gasteiger partial charge in [-0.3, -0.25) is 9.59 Å². The summed E-state index contributed by atoms with van der Waals surface area (Å²) in [4.78, 5) is 24.9. The van der Waals surface area contributed by atoms with Crippen molar-refractivity contribution in [1.82, 2.24) is 4.90 Å². The van der Waals surface area contributed by atoms with Crippen molar-refractivity contribution in [1.29, 1.82) is 0 Å². The molecule has 2 amide bonds. The number of anilines is 1. The number of nitrogens with two attached hydrogens (primary N) is 2. The number of benzene rings is 1. The van der Waals surface area contributed by atoms with Gasteiger partial charge in [-0.05, 0) is 24.3 Å². The molecule has 2 rings (SSSR count). The molecule has 0 aromatic heterocycles. The number of nitrogen functional groups attached to an aromatic ring is 1. The lowest BCUT2D eigenvalue weighted by atomic mass is 10.2. The van der Waals surface area contributed by atoms with E-state index < -0.39 is 11.9 Å². The van der Waals surface area contributed by atoms with E-state index in [0.717, 1.165) is 0 Å². The highest BCUT2D eigenvalue weighted by Gasteiger charge is 2.30. The summed E-state index contributed by atoms with van der Waals surface area (Å²) in [7, 11) is 0. The SMILES string of the molecule is NC(=O)C1COCCN1C(=O)CCOc1ccc(N)cc1. The zero-order valence-corrected chi connectivity index (χ0v) is 11.7. The van der Waals surface area contributed by atoms with E-state index in [0.29, 0.717) is 24.6 Å². The fourth-order valence-corrected chi connectivity index (χ4v) is 2.10. The minimum Gasteiger partial charge on any atom is -0.493 e. The molecule has 7 heteroatoms. The van der Waals surface area contributed by atoms with Crippen molar-refractivity contribution in [3.8, 4) is 5.75 Å². The summed E-state index contributed by atoms with van der Waals surface area (Å²) in [5, 5.41) is 0. The maximum Gasteiger partial charge on any atom is 0.242 e. The number of primary amides is 1. The standard InChI is InChI=1S/C14H19N3O4/c15-10-1-3-11(4-2-10)21-7-5-13(18)17-6-8-20-9-12(17)14(16)19/h1-4,12H,5-9,15H2,(H2,16,19). The average Bonchev–Trinajstić information content (AvgIpc) is 2.49. The lowest BCUT2D eigenvalue weighted by molar-refractivity contribution is -0.147. The van der Waals surface area contributed by atoms with Gasteiger partial charge in [0.05, 0.1) is 26.2 Å². The number of morpholine rings is 1. The van der Waals surface area contributed by atoms with Crippen LogP contribution in [0.4, 0.5) is 5.69 Å². The van der Waals surface area contributed by atoms with Gasteiger partial charge in [0, 0.05) is 12.2 Å². The second kappa shape index (κ2) is 6.94. The largest absolute Gasteiger partial charge is 0.493 e. The van der Waals surface area contributed by atoms with Crippen molar-refractivity contribution < 1.29 is 19.1 Å². The zero-order chi connectivity index (χ0) is 15.2. The molecule has 0 spiro atoms. The van der Waals surface area contributed by atoms with E-state index in [4.69, 9.17) is 20.9 Å². The Bertz CT molecular complexity index is 503. The highest BCUT2D eigenvalue weighted by Crippen LogP contribution is 2.14. The number of nitrogens with zero attached hydrogens (tertiary/aromatic N) is 1. The second-order valence-corrected chi connectivity index (χ2v) is 4.75. The van der Waals surface area contributed by atoms with Crippen LogP contribution in [0.3, 0.4) is 0 Å². The van der Waals surface area contributed by atoms with E-state index >= 15 is 0 Å². The van der Waals surface area contributed by atoms with Crippen LogP contribution in [0.25, 0.3) is 0 Å². The lowest BCUT2D eigenvalue weighted by Gasteiger charge is -2.33. The first-order valence-electron chi connectivity index (χ1n) is 6.73. The second-order valence-electron chi connectivity index (χ2n) is 4.75. The molecule has 1 saturated heterocycles. The van der Waals surface area contributed by atoms with Gasteiger partial charge >= 0.3 is 0 Å². The molecule has 1 atom stereocenters. The molecule has 1 aromatic rings. The number of ether oxygens (including phenoxy) is 2. The fourth-order valence-electron chi connectivity index (χ4n) is 2.10. The maximum absolute atomic E-state index is 12.1. The topological polar surface area (TPSA) is 108 Å². The Hall–Kier alpha value is -2.28. The summed E-state index contributed by atoms with van der Waals surface area (Å²) < 4.78 is 10.6. The van der Waals surface area contributed by atoms with Crippen molar-refractivity contribution in [3.05, 3.63) is 24.3 Å². The van der Waals surface area contributed by atoms with Crippen molar-refractivity contribution in [3.63, 3.8) is 0 Å². The van der Waals surface area contributed by atoms with Crippen LogP contribution in [-0.4, -0.2) is 49.1 Å². The molecule has 1 unspecified atom stereocenters. The van der Waals surface area contributed by atoms with Crippen LogP contribution in [0.1, 0.15) is 6.42 Å². The van der Waals surface area contributed by atoms with Gasteiger partial charge in [0.2, 0.25) is 11.8 Å². The molecule has 114 valence electrons. The summed E-state index contributed by atoms with van der Waals surface area (Å²) in [6, 6.07) is 6.23. The van der Waals surface area contributed by atoms with Crippen LogP contribution in [-0.2, 0) is 14.3 Å². The Labute approximate surface area is 122 Å². The Balaban J connectivity index is 1.83. The first-order valence-corrected chi connectivity index (χ1v) is 6.73. The van der Waals surface area contributed by atoms with Crippen LogP contribution in [0.15, 0.2) is 24.3 Å². The molecule has 1 heterocycles. The Morgan fingerprint density at radius 2 is 2.05 bits per heavy atom. The number of amides is 2. The molecule has 0 radical (unpaired) electrons. The van der Waals surface area contributed by atoms with Gasteiger partial charge in [-0.1, -0.05) is 0 Å². The van der Waals surface area contributed by atoms with E-state index in [2.05, 4.69) is 0 Å². The van der Waals surface area contributed by atoms with E-state index in [9.17, 15) is 9.59 Å². The molecular weight excluding hydrogens is 274 g/mol. The maximum atomic E-state index is 12.1. The average molecular weight is 293 g/mol. The van der Waals surface area contributed by atoms with Crippen LogP contribution in [0.5, 0.6) is 5.75 Å². The van der Waals surface area contributed by atoms with Crippen LogP contribution >= 0.6 is 0 Å². The number of carbonyl (C=O) groups is 2. The molecule has 4 N–H and O–H groups in total. The summed E-state index contributed by atoms with van der Waals surface area (Å²) in [5.74, 6) is -0.0783. The third-order valence-electron chi connectivity index (χ3n) is 3.24. The molecular formula is C14H19N3O4. The van der Waals surface area contributed by atoms with Gasteiger partial charge < -0.3 is 25.8 Å². The third-order valence-corrected chi connectivity index (χ3v) is 3.24. The number of hydrogen-bond donors (Lipinski definition) is 2. The van der Waals surface area contributed by atoms with Gasteiger partial charge in [-0.15, -0.1) is 0 Å². The lowest BCUT2D eigenvalue weighted by Crippen LogP contribution is -2.54. The van der Waals surface area contributed by atoms with E-state index in [1.165, 1.54) is 4.90 Å². The number of carbonyl (C=O) groups excluding carboxylic acids is 2. The van der Waals surface area contributed by atoms with Crippen molar-refractivity contribution in [2.75, 3.05) is 32.1 Å². The van der Waals surface area contributed by atoms with Crippen molar-refractivity contribution in [2.24, 2.45) is 5.73 Å². The Morgan fingerprint density at radius 1 is 1.33 bits per heavy atom. The van der Waals surface area contributed by atoms with E-state index in [1.54, 1.807) is 24.3 Å². The summed E-state index contributed by atoms with van der Waals surface area (Å²) >= 11 is 0. The molecule has 7 nitrogen and oxygen atoms in total. The molecule has 1 fully saturated rings. The Morgan fingerprint density at radius 3 is 2.71 bits per heavy atom. The van der Waals surface area contributed by atoms with Gasteiger partial charge in [-0.25, -0.2) is 0 Å². The highest BCUT2D eigenvalue weighted by atomic mass is 16.5. The quantitative estimate of drug-likeness (QED) is 0.728. The fraction of sp³-hybridized carbons (Fsp3) is 0.429. The van der Waals surface area contributed by atoms with Crippen LogP contribution in [0, 0.1) is 0 Å². The number of rotatable bonds is 5.